The number of pyridine rings is 1. The molecule has 0 spiro atoms. The molecule has 0 aromatic carbocycles. The first-order valence-corrected chi connectivity index (χ1v) is 4.78. The quantitative estimate of drug-likeness (QED) is 0.501. The number of halogens is 2. The number of nitrogens with zero attached hydrogens (tertiary/aromatic N) is 2. The van der Waals surface area contributed by atoms with E-state index in [4.69, 9.17) is 5.73 Å². The van der Waals surface area contributed by atoms with Crippen molar-refractivity contribution in [1.29, 1.82) is 0 Å². The van der Waals surface area contributed by atoms with Crippen molar-refractivity contribution in [2.45, 2.75) is 13.3 Å². The summed E-state index contributed by atoms with van der Waals surface area (Å²) in [6.45, 7) is 1.39. The number of ether oxygens (including phenoxy) is 1. The number of anilines is 1. The molecule has 0 fully saturated rings. The van der Waals surface area contributed by atoms with Crippen LogP contribution in [-0.4, -0.2) is 22.5 Å². The predicted molar refractivity (Wildman–Crippen MR) is 56.2 cm³/mol. The number of aromatic nitrogens is 1. The van der Waals surface area contributed by atoms with Crippen LogP contribution in [0.4, 0.5) is 20.3 Å². The first-order chi connectivity index (χ1) is 8.40. The normalized spacial score (nSPS) is 10.4. The number of carbonyl (C=O) groups excluding carboxylic acids is 1. The molecule has 18 heavy (non-hydrogen) atoms. The van der Waals surface area contributed by atoms with Crippen LogP contribution in [0, 0.1) is 10.1 Å². The Hall–Kier alpha value is -2.32. The summed E-state index contributed by atoms with van der Waals surface area (Å²) in [6, 6.07) is 0. The average Bonchev–Trinajstić information content (AvgIpc) is 2.27. The summed E-state index contributed by atoms with van der Waals surface area (Å²) >= 11 is 0. The minimum absolute atomic E-state index is 0.0751. The molecule has 0 radical (unpaired) electrons. The van der Waals surface area contributed by atoms with Crippen LogP contribution in [-0.2, 0) is 4.74 Å². The van der Waals surface area contributed by atoms with Gasteiger partial charge in [0.25, 0.3) is 12.1 Å². The second kappa shape index (κ2) is 5.34. The van der Waals surface area contributed by atoms with Crippen LogP contribution in [0.3, 0.4) is 0 Å². The fourth-order valence-electron chi connectivity index (χ4n) is 1.29. The maximum absolute atomic E-state index is 12.6. The molecular weight excluding hydrogens is 252 g/mol. The third-order valence-electron chi connectivity index (χ3n) is 2.01. The van der Waals surface area contributed by atoms with Gasteiger partial charge < -0.3 is 10.5 Å². The molecule has 9 heteroatoms. The Morgan fingerprint density at radius 2 is 2.28 bits per heavy atom. The Labute approximate surface area is 99.7 Å². The largest absolute Gasteiger partial charge is 0.462 e. The van der Waals surface area contributed by atoms with Crippen molar-refractivity contribution in [2.24, 2.45) is 0 Å². The SMILES string of the molecule is CCOC(=O)c1c(N)ncc(C(F)F)c1[N+](=O)[O-]. The molecule has 1 aromatic rings. The Balaban J connectivity index is 3.51. The van der Waals surface area contributed by atoms with E-state index in [9.17, 15) is 23.7 Å². The van der Waals surface area contributed by atoms with Gasteiger partial charge in [0, 0.05) is 6.20 Å². The molecule has 0 atom stereocenters. The summed E-state index contributed by atoms with van der Waals surface area (Å²) in [5, 5.41) is 10.8. The van der Waals surface area contributed by atoms with Crippen molar-refractivity contribution in [2.75, 3.05) is 12.3 Å². The maximum Gasteiger partial charge on any atom is 0.349 e. The van der Waals surface area contributed by atoms with Gasteiger partial charge in [-0.1, -0.05) is 0 Å². The average molecular weight is 261 g/mol. The number of rotatable bonds is 4. The van der Waals surface area contributed by atoms with Crippen molar-refractivity contribution in [1.82, 2.24) is 4.98 Å². The highest BCUT2D eigenvalue weighted by atomic mass is 19.3. The van der Waals surface area contributed by atoms with E-state index in [1.807, 2.05) is 0 Å². The van der Waals surface area contributed by atoms with Gasteiger partial charge in [-0.15, -0.1) is 0 Å². The maximum atomic E-state index is 12.6. The topological polar surface area (TPSA) is 108 Å². The lowest BCUT2D eigenvalue weighted by Gasteiger charge is -2.08. The van der Waals surface area contributed by atoms with E-state index in [1.165, 1.54) is 6.92 Å². The van der Waals surface area contributed by atoms with Gasteiger partial charge in [-0.05, 0) is 6.92 Å². The van der Waals surface area contributed by atoms with Gasteiger partial charge in [-0.25, -0.2) is 18.6 Å². The summed E-state index contributed by atoms with van der Waals surface area (Å²) in [4.78, 5) is 24.5. The van der Waals surface area contributed by atoms with E-state index >= 15 is 0 Å². The van der Waals surface area contributed by atoms with E-state index in [1.54, 1.807) is 0 Å². The summed E-state index contributed by atoms with van der Waals surface area (Å²) in [5.41, 5.74) is 2.50. The van der Waals surface area contributed by atoms with Gasteiger partial charge in [-0.3, -0.25) is 10.1 Å². The van der Waals surface area contributed by atoms with Gasteiger partial charge in [0.15, 0.2) is 5.56 Å². The number of nitrogens with two attached hydrogens (primary N) is 1. The molecule has 7 nitrogen and oxygen atoms in total. The molecule has 0 saturated carbocycles. The molecule has 1 heterocycles. The zero-order chi connectivity index (χ0) is 13.9. The van der Waals surface area contributed by atoms with E-state index in [0.29, 0.717) is 6.20 Å². The molecule has 0 unspecified atom stereocenters. The molecular formula is C9H9F2N3O4. The minimum atomic E-state index is -3.15. The van der Waals surface area contributed by atoms with Gasteiger partial charge in [0.2, 0.25) is 0 Å². The predicted octanol–water partition coefficient (Wildman–Crippen LogP) is 1.69. The number of esters is 1. The molecule has 0 aliphatic rings. The molecule has 0 amide bonds. The van der Waals surface area contributed by atoms with Crippen molar-refractivity contribution >= 4 is 17.5 Å². The first kappa shape index (κ1) is 13.7. The van der Waals surface area contributed by atoms with Gasteiger partial charge >= 0.3 is 5.97 Å². The smallest absolute Gasteiger partial charge is 0.349 e. The number of hydrogen-bond donors (Lipinski definition) is 1. The fraction of sp³-hybridized carbons (Fsp3) is 0.333. The second-order valence-electron chi connectivity index (χ2n) is 3.10. The van der Waals surface area contributed by atoms with Crippen LogP contribution in [0.15, 0.2) is 6.20 Å². The summed E-state index contributed by atoms with van der Waals surface area (Å²) in [7, 11) is 0. The van der Waals surface area contributed by atoms with Gasteiger partial charge in [0.05, 0.1) is 11.5 Å². The zero-order valence-corrected chi connectivity index (χ0v) is 9.22. The third kappa shape index (κ3) is 2.50. The monoisotopic (exact) mass is 261 g/mol. The van der Waals surface area contributed by atoms with Crippen molar-refractivity contribution in [3.8, 4) is 0 Å². The van der Waals surface area contributed by atoms with E-state index in [0.717, 1.165) is 0 Å². The molecule has 1 aromatic heterocycles. The Bertz CT molecular complexity index is 493. The second-order valence-corrected chi connectivity index (χ2v) is 3.10. The van der Waals surface area contributed by atoms with Crippen LogP contribution >= 0.6 is 0 Å². The number of nitrogen functional groups attached to an aromatic ring is 1. The van der Waals surface area contributed by atoms with E-state index in [-0.39, 0.29) is 6.61 Å². The summed E-state index contributed by atoms with van der Waals surface area (Å²) < 4.78 is 29.7. The van der Waals surface area contributed by atoms with Crippen LogP contribution in [0.2, 0.25) is 0 Å². The lowest BCUT2D eigenvalue weighted by molar-refractivity contribution is -0.386. The lowest BCUT2D eigenvalue weighted by atomic mass is 10.1. The summed E-state index contributed by atoms with van der Waals surface area (Å²) in [6.07, 6.45) is -2.58. The number of alkyl halides is 2. The van der Waals surface area contributed by atoms with Gasteiger partial charge in [-0.2, -0.15) is 0 Å². The number of nitro groups is 1. The van der Waals surface area contributed by atoms with Crippen LogP contribution < -0.4 is 5.73 Å². The third-order valence-corrected chi connectivity index (χ3v) is 2.01. The summed E-state index contributed by atoms with van der Waals surface area (Å²) in [5.74, 6) is -1.68. The first-order valence-electron chi connectivity index (χ1n) is 4.78. The van der Waals surface area contributed by atoms with Crippen molar-refractivity contribution in [3.63, 3.8) is 0 Å². The number of hydrogen-bond acceptors (Lipinski definition) is 6. The van der Waals surface area contributed by atoms with Gasteiger partial charge in [0.1, 0.15) is 11.4 Å². The zero-order valence-electron chi connectivity index (χ0n) is 9.22. The standard InChI is InChI=1S/C9H9F2N3O4/c1-2-18-9(15)5-6(14(16)17)4(7(10)11)3-13-8(5)12/h3,7H,2H2,1H3,(H2,12,13). The molecule has 2 N–H and O–H groups in total. The Kier molecular flexibility index (Phi) is 4.08. The molecule has 0 bridgehead atoms. The lowest BCUT2D eigenvalue weighted by Crippen LogP contribution is -2.14. The highest BCUT2D eigenvalue weighted by molar-refractivity contribution is 5.99. The van der Waals surface area contributed by atoms with Crippen molar-refractivity contribution < 1.29 is 23.2 Å². The van der Waals surface area contributed by atoms with Crippen LogP contribution in [0.1, 0.15) is 29.3 Å². The fourth-order valence-corrected chi connectivity index (χ4v) is 1.29. The molecule has 0 aliphatic carbocycles. The molecule has 1 rings (SSSR count). The molecule has 98 valence electrons. The van der Waals surface area contributed by atoms with Crippen molar-refractivity contribution in [3.05, 3.63) is 27.4 Å². The molecule has 0 aliphatic heterocycles. The highest BCUT2D eigenvalue weighted by Crippen LogP contribution is 2.34. The molecule has 0 saturated heterocycles. The highest BCUT2D eigenvalue weighted by Gasteiger charge is 2.33. The number of carbonyl (C=O) groups is 1. The van der Waals surface area contributed by atoms with E-state index < -0.39 is 40.0 Å². The van der Waals surface area contributed by atoms with E-state index in [2.05, 4.69) is 9.72 Å². The Morgan fingerprint density at radius 3 is 2.72 bits per heavy atom. The minimum Gasteiger partial charge on any atom is -0.462 e. The van der Waals surface area contributed by atoms with Crippen LogP contribution in [0.25, 0.3) is 0 Å². The van der Waals surface area contributed by atoms with Crippen LogP contribution in [0.5, 0.6) is 0 Å². The Morgan fingerprint density at radius 1 is 1.67 bits per heavy atom.